The number of rotatable bonds is 7. The van der Waals surface area contributed by atoms with Crippen LogP contribution in [-0.2, 0) is 10.0 Å². The number of pyridine rings is 1. The summed E-state index contributed by atoms with van der Waals surface area (Å²) in [5.41, 5.74) is 0. The minimum Gasteiger partial charge on any atom is -0.396 e. The quantitative estimate of drug-likeness (QED) is 0.796. The summed E-state index contributed by atoms with van der Waals surface area (Å²) in [5.74, 6) is 0.111. The average Bonchev–Trinajstić information content (AvgIpc) is 2.34. The van der Waals surface area contributed by atoms with E-state index in [9.17, 15) is 8.42 Å². The fourth-order valence-corrected chi connectivity index (χ4v) is 3.04. The predicted octanol–water partition coefficient (Wildman–Crippen LogP) is 1.42. The molecule has 0 amide bonds. The summed E-state index contributed by atoms with van der Waals surface area (Å²) in [6.07, 6.45) is 4.02. The summed E-state index contributed by atoms with van der Waals surface area (Å²) in [4.78, 5) is 3.73. The first-order chi connectivity index (χ1) is 8.51. The molecule has 0 bridgehead atoms. The van der Waals surface area contributed by atoms with Crippen LogP contribution in [0.2, 0.25) is 5.02 Å². The van der Waals surface area contributed by atoms with Crippen LogP contribution in [0.15, 0.2) is 23.4 Å². The van der Waals surface area contributed by atoms with Crippen molar-refractivity contribution in [2.45, 2.75) is 24.7 Å². The van der Waals surface area contributed by atoms with Crippen LogP contribution in [0.25, 0.3) is 0 Å². The second-order valence-electron chi connectivity index (χ2n) is 3.94. The molecule has 1 aromatic rings. The SMILES string of the molecule is CCC(CCO)CNS(=O)(=O)c1cnccc1Cl. The van der Waals surface area contributed by atoms with E-state index in [1.165, 1.54) is 18.5 Å². The minimum atomic E-state index is -3.64. The van der Waals surface area contributed by atoms with Crippen LogP contribution in [0.1, 0.15) is 19.8 Å². The highest BCUT2D eigenvalue weighted by Crippen LogP contribution is 2.19. The monoisotopic (exact) mass is 292 g/mol. The molecule has 0 spiro atoms. The van der Waals surface area contributed by atoms with Crippen molar-refractivity contribution in [1.82, 2.24) is 9.71 Å². The Kier molecular flexibility index (Phi) is 6.01. The number of aliphatic hydroxyl groups excluding tert-OH is 1. The van der Waals surface area contributed by atoms with Gasteiger partial charge >= 0.3 is 0 Å². The lowest BCUT2D eigenvalue weighted by Gasteiger charge is -2.14. The van der Waals surface area contributed by atoms with E-state index in [0.29, 0.717) is 6.42 Å². The molecule has 2 N–H and O–H groups in total. The molecule has 0 radical (unpaired) electrons. The molecule has 0 fully saturated rings. The minimum absolute atomic E-state index is 0.0227. The van der Waals surface area contributed by atoms with Gasteiger partial charge in [0.25, 0.3) is 0 Å². The predicted molar refractivity (Wildman–Crippen MR) is 69.9 cm³/mol. The topological polar surface area (TPSA) is 79.3 Å². The lowest BCUT2D eigenvalue weighted by atomic mass is 10.0. The number of nitrogens with zero attached hydrogens (tertiary/aromatic N) is 1. The van der Waals surface area contributed by atoms with Gasteiger partial charge in [0.2, 0.25) is 10.0 Å². The van der Waals surface area contributed by atoms with E-state index in [4.69, 9.17) is 16.7 Å². The summed E-state index contributed by atoms with van der Waals surface area (Å²) < 4.78 is 26.4. The van der Waals surface area contributed by atoms with Gasteiger partial charge in [-0.05, 0) is 18.4 Å². The van der Waals surface area contributed by atoms with E-state index < -0.39 is 10.0 Å². The molecule has 18 heavy (non-hydrogen) atoms. The molecule has 0 aliphatic rings. The second kappa shape index (κ2) is 7.04. The Bertz CT molecular complexity index is 479. The van der Waals surface area contributed by atoms with Gasteiger partial charge in [-0.25, -0.2) is 13.1 Å². The van der Waals surface area contributed by atoms with Gasteiger partial charge in [-0.3, -0.25) is 4.98 Å². The zero-order valence-corrected chi connectivity index (χ0v) is 11.7. The van der Waals surface area contributed by atoms with Gasteiger partial charge in [0, 0.05) is 25.5 Å². The van der Waals surface area contributed by atoms with Crippen LogP contribution in [0.3, 0.4) is 0 Å². The van der Waals surface area contributed by atoms with Crippen LogP contribution in [0, 0.1) is 5.92 Å². The Morgan fingerprint density at radius 3 is 2.83 bits per heavy atom. The molecular formula is C11H17ClN2O3S. The first-order valence-electron chi connectivity index (χ1n) is 5.71. The van der Waals surface area contributed by atoms with Crippen LogP contribution in [0.4, 0.5) is 0 Å². The van der Waals surface area contributed by atoms with E-state index in [0.717, 1.165) is 6.42 Å². The van der Waals surface area contributed by atoms with Crippen LogP contribution in [-0.4, -0.2) is 31.7 Å². The Morgan fingerprint density at radius 2 is 2.28 bits per heavy atom. The normalized spacial score (nSPS) is 13.5. The highest BCUT2D eigenvalue weighted by Gasteiger charge is 2.19. The molecule has 1 aromatic heterocycles. The number of hydrogen-bond acceptors (Lipinski definition) is 4. The lowest BCUT2D eigenvalue weighted by molar-refractivity contribution is 0.254. The van der Waals surface area contributed by atoms with Crippen molar-refractivity contribution in [1.29, 1.82) is 0 Å². The van der Waals surface area contributed by atoms with Gasteiger partial charge in [0.1, 0.15) is 4.90 Å². The molecule has 5 nitrogen and oxygen atoms in total. The summed E-state index contributed by atoms with van der Waals surface area (Å²) in [6, 6.07) is 1.43. The van der Waals surface area contributed by atoms with Crippen LogP contribution >= 0.6 is 11.6 Å². The Balaban J connectivity index is 2.74. The molecule has 0 aromatic carbocycles. The van der Waals surface area contributed by atoms with Gasteiger partial charge < -0.3 is 5.11 Å². The average molecular weight is 293 g/mol. The third-order valence-electron chi connectivity index (χ3n) is 2.70. The standard InChI is InChI=1S/C11H17ClN2O3S/c1-2-9(4-6-15)7-14-18(16,17)11-8-13-5-3-10(11)12/h3,5,8-9,14-15H,2,4,6-7H2,1H3. The lowest BCUT2D eigenvalue weighted by Crippen LogP contribution is -2.30. The fraction of sp³-hybridized carbons (Fsp3) is 0.545. The number of halogens is 1. The van der Waals surface area contributed by atoms with E-state index in [-0.39, 0.29) is 29.0 Å². The Morgan fingerprint density at radius 1 is 1.56 bits per heavy atom. The molecule has 0 saturated heterocycles. The third kappa shape index (κ3) is 4.20. The number of aliphatic hydroxyl groups is 1. The fourth-order valence-electron chi connectivity index (χ4n) is 1.50. The smallest absolute Gasteiger partial charge is 0.243 e. The van der Waals surface area contributed by atoms with Crippen molar-refractivity contribution < 1.29 is 13.5 Å². The molecule has 0 aliphatic carbocycles. The van der Waals surface area contributed by atoms with Crippen molar-refractivity contribution in [3.05, 3.63) is 23.5 Å². The largest absolute Gasteiger partial charge is 0.396 e. The zero-order valence-electron chi connectivity index (χ0n) is 10.1. The number of aromatic nitrogens is 1. The van der Waals surface area contributed by atoms with Crippen molar-refractivity contribution in [3.63, 3.8) is 0 Å². The van der Waals surface area contributed by atoms with Gasteiger partial charge in [-0.2, -0.15) is 0 Å². The van der Waals surface area contributed by atoms with Crippen molar-refractivity contribution >= 4 is 21.6 Å². The summed E-state index contributed by atoms with van der Waals surface area (Å²) in [5, 5.41) is 9.00. The van der Waals surface area contributed by atoms with Crippen LogP contribution < -0.4 is 4.72 Å². The Hall–Kier alpha value is -0.690. The number of nitrogens with one attached hydrogen (secondary N) is 1. The summed E-state index contributed by atoms with van der Waals surface area (Å²) in [7, 11) is -3.64. The first-order valence-corrected chi connectivity index (χ1v) is 7.57. The van der Waals surface area contributed by atoms with E-state index in [1.54, 1.807) is 0 Å². The Labute approximate surface area is 112 Å². The summed E-state index contributed by atoms with van der Waals surface area (Å²) in [6.45, 7) is 2.28. The molecule has 7 heteroatoms. The van der Waals surface area contributed by atoms with Gasteiger partial charge in [-0.1, -0.05) is 24.9 Å². The molecular weight excluding hydrogens is 276 g/mol. The molecule has 102 valence electrons. The first kappa shape index (κ1) is 15.4. The zero-order chi connectivity index (χ0) is 13.6. The van der Waals surface area contributed by atoms with Gasteiger partial charge in [0.05, 0.1) is 5.02 Å². The second-order valence-corrected chi connectivity index (χ2v) is 6.09. The number of sulfonamides is 1. The molecule has 1 unspecified atom stereocenters. The van der Waals surface area contributed by atoms with Crippen LogP contribution in [0.5, 0.6) is 0 Å². The van der Waals surface area contributed by atoms with Gasteiger partial charge in [-0.15, -0.1) is 0 Å². The third-order valence-corrected chi connectivity index (χ3v) is 4.59. The molecule has 0 saturated carbocycles. The van der Waals surface area contributed by atoms with E-state index in [1.807, 2.05) is 6.92 Å². The molecule has 1 heterocycles. The van der Waals surface area contributed by atoms with Crippen molar-refractivity contribution in [2.24, 2.45) is 5.92 Å². The molecule has 1 atom stereocenters. The summed E-state index contributed by atoms with van der Waals surface area (Å²) >= 11 is 5.82. The maximum Gasteiger partial charge on any atom is 0.243 e. The molecule has 0 aliphatic heterocycles. The number of hydrogen-bond donors (Lipinski definition) is 2. The maximum atomic E-state index is 12.0. The highest BCUT2D eigenvalue weighted by molar-refractivity contribution is 7.89. The van der Waals surface area contributed by atoms with Crippen molar-refractivity contribution in [3.8, 4) is 0 Å². The maximum absolute atomic E-state index is 12.0. The van der Waals surface area contributed by atoms with E-state index in [2.05, 4.69) is 9.71 Å². The highest BCUT2D eigenvalue weighted by atomic mass is 35.5. The van der Waals surface area contributed by atoms with Crippen molar-refractivity contribution in [2.75, 3.05) is 13.2 Å². The van der Waals surface area contributed by atoms with Gasteiger partial charge in [0.15, 0.2) is 0 Å². The van der Waals surface area contributed by atoms with E-state index >= 15 is 0 Å². The molecule has 1 rings (SSSR count).